The van der Waals surface area contributed by atoms with Gasteiger partial charge in [-0.25, -0.2) is 18.0 Å². The van der Waals surface area contributed by atoms with Crippen molar-refractivity contribution in [3.05, 3.63) is 29.3 Å². The Balaban J connectivity index is 0.00000400. The van der Waals surface area contributed by atoms with E-state index in [0.29, 0.717) is 0 Å². The fraction of sp³-hybridized carbons (Fsp3) is 0.333. The number of benzene rings is 1. The zero-order valence-corrected chi connectivity index (χ0v) is 15.9. The summed E-state index contributed by atoms with van der Waals surface area (Å²) in [5, 5.41) is 0. The first-order chi connectivity index (χ1) is 9.29. The van der Waals surface area contributed by atoms with Crippen molar-refractivity contribution in [1.29, 1.82) is 0 Å². The molecule has 0 N–H and O–H groups in total. The number of carbonyl (C=O) groups is 2. The maximum Gasteiger partial charge on any atom is 1.00 e. The minimum atomic E-state index is -4.81. The normalized spacial score (nSPS) is 10.4. The third-order valence-electron chi connectivity index (χ3n) is 2.22. The largest absolute Gasteiger partial charge is 1.00 e. The first kappa shape index (κ1) is 20.7. The van der Waals surface area contributed by atoms with Crippen molar-refractivity contribution in [3.63, 3.8) is 0 Å². The van der Waals surface area contributed by atoms with Crippen molar-refractivity contribution in [3.8, 4) is 0 Å². The Morgan fingerprint density at radius 1 is 1.00 bits per heavy atom. The molecule has 0 atom stereocenters. The summed E-state index contributed by atoms with van der Waals surface area (Å²) in [4.78, 5) is 22.5. The third-order valence-corrected chi connectivity index (χ3v) is 3.03. The minimum Gasteiger partial charge on any atom is -0.744 e. The van der Waals surface area contributed by atoms with Crippen LogP contribution in [-0.4, -0.2) is 38.1 Å². The van der Waals surface area contributed by atoms with Crippen LogP contribution in [0.3, 0.4) is 0 Å². The van der Waals surface area contributed by atoms with Gasteiger partial charge in [0.1, 0.15) is 10.1 Å². The quantitative estimate of drug-likeness (QED) is 0.345. The van der Waals surface area contributed by atoms with Crippen molar-refractivity contribution in [2.75, 3.05) is 13.2 Å². The van der Waals surface area contributed by atoms with E-state index in [4.69, 9.17) is 9.47 Å². The van der Waals surface area contributed by atoms with Crippen molar-refractivity contribution < 1.29 is 83.4 Å². The van der Waals surface area contributed by atoms with Gasteiger partial charge in [0.15, 0.2) is 0 Å². The molecule has 1 rings (SSSR count). The van der Waals surface area contributed by atoms with Crippen LogP contribution in [-0.2, 0) is 19.6 Å². The Bertz CT molecular complexity index is 588. The molecule has 1 aromatic rings. The molecular formula is C12H13KO7S. The third kappa shape index (κ3) is 6.15. The molecule has 21 heavy (non-hydrogen) atoms. The van der Waals surface area contributed by atoms with Crippen LogP contribution in [0, 0.1) is 0 Å². The van der Waals surface area contributed by atoms with E-state index in [9.17, 15) is 22.6 Å². The molecule has 7 nitrogen and oxygen atoms in total. The minimum absolute atomic E-state index is 0. The SMILES string of the molecule is CCOC(=O)c1cc(C(=O)OCC)cc(S(=O)(=O)[O-])c1.[K+]. The van der Waals surface area contributed by atoms with Gasteiger partial charge in [-0.15, -0.1) is 0 Å². The van der Waals surface area contributed by atoms with E-state index < -0.39 is 27.0 Å². The van der Waals surface area contributed by atoms with E-state index in [-0.39, 0.29) is 75.7 Å². The summed E-state index contributed by atoms with van der Waals surface area (Å²) in [6.07, 6.45) is 0. The molecule has 0 aliphatic heterocycles. The fourth-order valence-electron chi connectivity index (χ4n) is 1.41. The average molecular weight is 340 g/mol. The molecule has 0 unspecified atom stereocenters. The van der Waals surface area contributed by atoms with Gasteiger partial charge in [0.05, 0.1) is 29.2 Å². The van der Waals surface area contributed by atoms with Gasteiger partial charge in [-0.05, 0) is 32.0 Å². The molecule has 0 amide bonds. The van der Waals surface area contributed by atoms with Crippen LogP contribution in [0.25, 0.3) is 0 Å². The number of ether oxygens (including phenoxy) is 2. The zero-order chi connectivity index (χ0) is 15.3. The van der Waals surface area contributed by atoms with Crippen LogP contribution in [0.5, 0.6) is 0 Å². The van der Waals surface area contributed by atoms with Crippen LogP contribution in [0.15, 0.2) is 23.1 Å². The average Bonchev–Trinajstić information content (AvgIpc) is 2.37. The van der Waals surface area contributed by atoms with Gasteiger partial charge in [0.25, 0.3) is 0 Å². The van der Waals surface area contributed by atoms with Gasteiger partial charge in [0.2, 0.25) is 0 Å². The summed E-state index contributed by atoms with van der Waals surface area (Å²) in [5.74, 6) is -1.66. The van der Waals surface area contributed by atoms with Crippen LogP contribution in [0.4, 0.5) is 0 Å². The van der Waals surface area contributed by atoms with Crippen LogP contribution in [0.2, 0.25) is 0 Å². The smallest absolute Gasteiger partial charge is 0.744 e. The van der Waals surface area contributed by atoms with Crippen molar-refractivity contribution in [1.82, 2.24) is 0 Å². The van der Waals surface area contributed by atoms with Crippen molar-refractivity contribution in [2.45, 2.75) is 18.7 Å². The molecule has 0 fully saturated rings. The van der Waals surface area contributed by atoms with Gasteiger partial charge >= 0.3 is 63.3 Å². The molecule has 0 saturated carbocycles. The molecule has 0 heterocycles. The Kier molecular flexibility index (Phi) is 8.86. The first-order valence-corrected chi connectivity index (χ1v) is 7.15. The second-order valence-electron chi connectivity index (χ2n) is 3.64. The molecule has 0 aliphatic rings. The Hall–Kier alpha value is -0.294. The monoisotopic (exact) mass is 340 g/mol. The standard InChI is InChI=1S/C12H14O7S.K/c1-3-18-11(13)8-5-9(12(14)19-4-2)7-10(6-8)20(15,16)17;/h5-7H,3-4H2,1-2H3,(H,15,16,17);/q;+1/p-1. The summed E-state index contributed by atoms with van der Waals surface area (Å²) >= 11 is 0. The van der Waals surface area contributed by atoms with Gasteiger partial charge < -0.3 is 14.0 Å². The molecular weight excluding hydrogens is 327 g/mol. The van der Waals surface area contributed by atoms with E-state index in [1.165, 1.54) is 0 Å². The molecule has 0 aliphatic carbocycles. The van der Waals surface area contributed by atoms with E-state index in [1.54, 1.807) is 13.8 Å². The maximum absolute atomic E-state index is 11.6. The van der Waals surface area contributed by atoms with Crippen LogP contribution >= 0.6 is 0 Å². The molecule has 0 bridgehead atoms. The summed E-state index contributed by atoms with van der Waals surface area (Å²) in [6, 6.07) is 2.84. The van der Waals surface area contributed by atoms with Crippen LogP contribution < -0.4 is 51.4 Å². The summed E-state index contributed by atoms with van der Waals surface area (Å²) in [7, 11) is -4.81. The number of hydrogen-bond acceptors (Lipinski definition) is 7. The maximum atomic E-state index is 11.6. The fourth-order valence-corrected chi connectivity index (χ4v) is 1.95. The van der Waals surface area contributed by atoms with E-state index in [2.05, 4.69) is 0 Å². The first-order valence-electron chi connectivity index (χ1n) is 5.74. The van der Waals surface area contributed by atoms with Gasteiger partial charge in [-0.3, -0.25) is 0 Å². The van der Waals surface area contributed by atoms with Crippen molar-refractivity contribution >= 4 is 22.1 Å². The van der Waals surface area contributed by atoms with E-state index in [0.717, 1.165) is 18.2 Å². The van der Waals surface area contributed by atoms with E-state index in [1.807, 2.05) is 0 Å². The molecule has 9 heteroatoms. The Morgan fingerprint density at radius 3 is 1.67 bits per heavy atom. The second kappa shape index (κ2) is 8.98. The summed E-state index contributed by atoms with van der Waals surface area (Å²) in [5.41, 5.74) is -0.404. The topological polar surface area (TPSA) is 110 Å². The predicted octanol–water partition coefficient (Wildman–Crippen LogP) is -2.05. The number of carbonyl (C=O) groups excluding carboxylic acids is 2. The number of esters is 2. The molecule has 0 spiro atoms. The Morgan fingerprint density at radius 2 is 1.38 bits per heavy atom. The van der Waals surface area contributed by atoms with Gasteiger partial charge in [-0.1, -0.05) is 0 Å². The summed E-state index contributed by atoms with van der Waals surface area (Å²) < 4.78 is 42.5. The zero-order valence-electron chi connectivity index (χ0n) is 11.9. The second-order valence-corrected chi connectivity index (χ2v) is 5.02. The Labute approximate surface area is 165 Å². The van der Waals surface area contributed by atoms with Gasteiger partial charge in [0, 0.05) is 0 Å². The predicted molar refractivity (Wildman–Crippen MR) is 66.3 cm³/mol. The molecule has 0 aromatic heterocycles. The van der Waals surface area contributed by atoms with E-state index >= 15 is 0 Å². The molecule has 1 aromatic carbocycles. The number of rotatable bonds is 5. The molecule has 110 valence electrons. The number of hydrogen-bond donors (Lipinski definition) is 0. The van der Waals surface area contributed by atoms with Crippen LogP contribution in [0.1, 0.15) is 34.6 Å². The van der Waals surface area contributed by atoms with Gasteiger partial charge in [-0.2, -0.15) is 0 Å². The summed E-state index contributed by atoms with van der Waals surface area (Å²) in [6.45, 7) is 3.28. The molecule has 0 radical (unpaired) electrons. The molecule has 0 saturated heterocycles. The van der Waals surface area contributed by atoms with Crippen molar-refractivity contribution in [2.24, 2.45) is 0 Å².